The molecule has 0 aliphatic rings. The van der Waals surface area contributed by atoms with Crippen molar-refractivity contribution in [1.82, 2.24) is 20.0 Å². The molecular formula is C12H14N4O3. The molecule has 0 saturated heterocycles. The van der Waals surface area contributed by atoms with Gasteiger partial charge in [-0.1, -0.05) is 12.1 Å². The van der Waals surface area contributed by atoms with E-state index in [1.165, 1.54) is 4.68 Å². The van der Waals surface area contributed by atoms with Gasteiger partial charge >= 0.3 is 5.97 Å². The molecule has 0 aliphatic heterocycles. The number of aliphatic hydroxyl groups is 1. The number of hydrogen-bond acceptors (Lipinski definition) is 5. The van der Waals surface area contributed by atoms with Crippen LogP contribution in [0.4, 0.5) is 0 Å². The topological polar surface area (TPSA) is 101 Å². The largest absolute Gasteiger partial charge is 0.476 e. The molecule has 100 valence electrons. The van der Waals surface area contributed by atoms with Crippen molar-refractivity contribution in [3.8, 4) is 11.3 Å². The number of carboxylic acids is 1. The van der Waals surface area contributed by atoms with Crippen LogP contribution in [0, 0.1) is 0 Å². The van der Waals surface area contributed by atoms with Crippen LogP contribution >= 0.6 is 0 Å². The van der Waals surface area contributed by atoms with Crippen LogP contribution in [0.25, 0.3) is 11.3 Å². The summed E-state index contributed by atoms with van der Waals surface area (Å²) in [5.74, 6) is -1.15. The van der Waals surface area contributed by atoms with Crippen molar-refractivity contribution in [3.63, 3.8) is 0 Å². The van der Waals surface area contributed by atoms with E-state index in [-0.39, 0.29) is 12.2 Å². The minimum Gasteiger partial charge on any atom is -0.476 e. The molecule has 0 aliphatic carbocycles. The average molecular weight is 262 g/mol. The fourth-order valence-corrected chi connectivity index (χ4v) is 1.71. The van der Waals surface area contributed by atoms with Crippen molar-refractivity contribution < 1.29 is 15.0 Å². The van der Waals surface area contributed by atoms with Crippen LogP contribution in [0.3, 0.4) is 0 Å². The molecule has 7 heteroatoms. The highest BCUT2D eigenvalue weighted by Crippen LogP contribution is 2.22. The second-order valence-electron chi connectivity index (χ2n) is 4.07. The van der Waals surface area contributed by atoms with Crippen molar-refractivity contribution in [2.24, 2.45) is 0 Å². The van der Waals surface area contributed by atoms with Crippen LogP contribution in [0.2, 0.25) is 0 Å². The Kier molecular flexibility index (Phi) is 3.86. The van der Waals surface area contributed by atoms with Gasteiger partial charge in [-0.15, -0.1) is 5.10 Å². The van der Waals surface area contributed by atoms with Gasteiger partial charge in [-0.3, -0.25) is 4.98 Å². The molecule has 0 aromatic carbocycles. The number of carbonyl (C=O) groups is 1. The van der Waals surface area contributed by atoms with Gasteiger partial charge in [-0.25, -0.2) is 9.48 Å². The first kappa shape index (κ1) is 13.2. The lowest BCUT2D eigenvalue weighted by Gasteiger charge is -2.10. The molecule has 19 heavy (non-hydrogen) atoms. The van der Waals surface area contributed by atoms with Gasteiger partial charge in [0, 0.05) is 18.0 Å². The minimum atomic E-state index is -1.15. The molecule has 1 unspecified atom stereocenters. The zero-order valence-electron chi connectivity index (χ0n) is 10.4. The SMILES string of the molecule is CCC(O)Cn1nnc(C(=O)O)c1-c1ccncc1. The summed E-state index contributed by atoms with van der Waals surface area (Å²) < 4.78 is 1.41. The summed E-state index contributed by atoms with van der Waals surface area (Å²) in [5, 5.41) is 26.3. The molecule has 0 radical (unpaired) electrons. The van der Waals surface area contributed by atoms with E-state index >= 15 is 0 Å². The number of nitrogens with zero attached hydrogens (tertiary/aromatic N) is 4. The van der Waals surface area contributed by atoms with Crippen molar-refractivity contribution in [3.05, 3.63) is 30.2 Å². The highest BCUT2D eigenvalue weighted by atomic mass is 16.4. The number of carboxylic acid groups (broad SMARTS) is 1. The van der Waals surface area contributed by atoms with E-state index in [9.17, 15) is 9.90 Å². The van der Waals surface area contributed by atoms with Crippen LogP contribution < -0.4 is 0 Å². The van der Waals surface area contributed by atoms with Gasteiger partial charge in [0.1, 0.15) is 5.69 Å². The van der Waals surface area contributed by atoms with Crippen molar-refractivity contribution >= 4 is 5.97 Å². The quantitative estimate of drug-likeness (QED) is 0.826. The van der Waals surface area contributed by atoms with Crippen molar-refractivity contribution in [2.75, 3.05) is 0 Å². The predicted octanol–water partition coefficient (Wildman–Crippen LogP) is 0.809. The Bertz CT molecular complexity index is 568. The Morgan fingerprint density at radius 1 is 1.42 bits per heavy atom. The van der Waals surface area contributed by atoms with E-state index in [1.807, 2.05) is 6.92 Å². The first-order valence-electron chi connectivity index (χ1n) is 5.88. The number of aromatic nitrogens is 4. The molecule has 0 bridgehead atoms. The van der Waals surface area contributed by atoms with Crippen LogP contribution in [0.1, 0.15) is 23.8 Å². The van der Waals surface area contributed by atoms with Gasteiger partial charge in [0.25, 0.3) is 0 Å². The predicted molar refractivity (Wildman–Crippen MR) is 66.5 cm³/mol. The molecule has 0 saturated carbocycles. The monoisotopic (exact) mass is 262 g/mol. The number of pyridine rings is 1. The molecule has 2 aromatic rings. The first-order valence-corrected chi connectivity index (χ1v) is 5.88. The van der Waals surface area contributed by atoms with E-state index in [0.29, 0.717) is 17.7 Å². The lowest BCUT2D eigenvalue weighted by atomic mass is 10.1. The zero-order valence-corrected chi connectivity index (χ0v) is 10.4. The number of aromatic carboxylic acids is 1. The number of hydrogen-bond donors (Lipinski definition) is 2. The fraction of sp³-hybridized carbons (Fsp3) is 0.333. The Morgan fingerprint density at radius 2 is 2.11 bits per heavy atom. The van der Waals surface area contributed by atoms with Crippen LogP contribution in [0.15, 0.2) is 24.5 Å². The summed E-state index contributed by atoms with van der Waals surface area (Å²) >= 11 is 0. The molecule has 2 N–H and O–H groups in total. The van der Waals surface area contributed by atoms with E-state index in [2.05, 4.69) is 15.3 Å². The number of rotatable bonds is 5. The normalized spacial score (nSPS) is 12.3. The molecule has 0 spiro atoms. The van der Waals surface area contributed by atoms with Gasteiger partial charge in [0.15, 0.2) is 5.69 Å². The molecule has 0 amide bonds. The maximum atomic E-state index is 11.2. The highest BCUT2D eigenvalue weighted by Gasteiger charge is 2.21. The summed E-state index contributed by atoms with van der Waals surface area (Å²) in [6, 6.07) is 3.36. The van der Waals surface area contributed by atoms with Crippen LogP contribution in [-0.2, 0) is 6.54 Å². The van der Waals surface area contributed by atoms with Crippen molar-refractivity contribution in [2.45, 2.75) is 26.0 Å². The second kappa shape index (κ2) is 5.57. The zero-order chi connectivity index (χ0) is 13.8. The Labute approximate surface area is 109 Å². The van der Waals surface area contributed by atoms with Gasteiger partial charge in [-0.2, -0.15) is 0 Å². The molecule has 2 aromatic heterocycles. The van der Waals surface area contributed by atoms with E-state index in [1.54, 1.807) is 24.5 Å². The Hall–Kier alpha value is -2.28. The third kappa shape index (κ3) is 2.76. The molecule has 1 atom stereocenters. The summed E-state index contributed by atoms with van der Waals surface area (Å²) in [6.07, 6.45) is 3.09. The van der Waals surface area contributed by atoms with Gasteiger partial charge in [0.2, 0.25) is 0 Å². The molecular weight excluding hydrogens is 248 g/mol. The maximum absolute atomic E-state index is 11.2. The maximum Gasteiger partial charge on any atom is 0.358 e. The molecule has 2 rings (SSSR count). The molecule has 2 heterocycles. The first-order chi connectivity index (χ1) is 9.13. The molecule has 7 nitrogen and oxygen atoms in total. The van der Waals surface area contributed by atoms with E-state index < -0.39 is 12.1 Å². The summed E-state index contributed by atoms with van der Waals surface area (Å²) in [5.41, 5.74) is 0.901. The van der Waals surface area contributed by atoms with E-state index in [0.717, 1.165) is 0 Å². The summed E-state index contributed by atoms with van der Waals surface area (Å²) in [6.45, 7) is 2.04. The van der Waals surface area contributed by atoms with Crippen molar-refractivity contribution in [1.29, 1.82) is 0 Å². The van der Waals surface area contributed by atoms with Gasteiger partial charge in [0.05, 0.1) is 12.6 Å². The smallest absolute Gasteiger partial charge is 0.358 e. The summed E-state index contributed by atoms with van der Waals surface area (Å²) in [7, 11) is 0. The Balaban J connectivity index is 2.48. The average Bonchev–Trinajstić information content (AvgIpc) is 2.83. The molecule has 0 fully saturated rings. The van der Waals surface area contributed by atoms with E-state index in [4.69, 9.17) is 5.11 Å². The minimum absolute atomic E-state index is 0.130. The lowest BCUT2D eigenvalue weighted by molar-refractivity contribution is 0.0691. The lowest BCUT2D eigenvalue weighted by Crippen LogP contribution is -2.17. The second-order valence-corrected chi connectivity index (χ2v) is 4.07. The van der Waals surface area contributed by atoms with Gasteiger partial charge < -0.3 is 10.2 Å². The fourth-order valence-electron chi connectivity index (χ4n) is 1.71. The third-order valence-corrected chi connectivity index (χ3v) is 2.75. The van der Waals surface area contributed by atoms with Gasteiger partial charge in [-0.05, 0) is 18.6 Å². The Morgan fingerprint density at radius 3 is 2.68 bits per heavy atom. The highest BCUT2D eigenvalue weighted by molar-refractivity contribution is 5.92. The van der Waals surface area contributed by atoms with Crippen LogP contribution in [-0.4, -0.2) is 42.3 Å². The standard InChI is InChI=1S/C12H14N4O3/c1-2-9(17)7-16-11(8-3-5-13-6-4-8)10(12(18)19)14-15-16/h3-6,9,17H,2,7H2,1H3,(H,18,19). The third-order valence-electron chi connectivity index (χ3n) is 2.75. The summed E-state index contributed by atoms with van der Waals surface area (Å²) in [4.78, 5) is 15.1. The van der Waals surface area contributed by atoms with Crippen LogP contribution in [0.5, 0.6) is 0 Å². The number of aliphatic hydroxyl groups excluding tert-OH is 1.